The van der Waals surface area contributed by atoms with Crippen LogP contribution in [0.4, 0.5) is 0 Å². The molecule has 2 saturated heterocycles. The van der Waals surface area contributed by atoms with Crippen molar-refractivity contribution in [3.05, 3.63) is 0 Å². The molecule has 0 aromatic carbocycles. The topological polar surface area (TPSA) is 87.6 Å². The molecule has 0 aromatic heterocycles. The SMILES string of the molecule is CC1C(N(C=O)CN(C=O)C2C(C)C(C)(C)N(O)C(C)(C)C2C)C(C)C(C)(C)N(O)C1(C)C. The summed E-state index contributed by atoms with van der Waals surface area (Å²) in [6.07, 6.45) is 1.69. The van der Waals surface area contributed by atoms with Crippen molar-refractivity contribution in [2.24, 2.45) is 23.7 Å². The molecular weight excluding hydrogens is 420 g/mol. The molecular formula is C25H48N4O4. The zero-order valence-corrected chi connectivity index (χ0v) is 22.8. The first kappa shape index (κ1) is 28.0. The minimum Gasteiger partial charge on any atom is -0.324 e. The smallest absolute Gasteiger partial charge is 0.211 e. The maximum Gasteiger partial charge on any atom is 0.211 e. The summed E-state index contributed by atoms with van der Waals surface area (Å²) in [4.78, 5) is 28.4. The highest BCUT2D eigenvalue weighted by atomic mass is 16.5. The van der Waals surface area contributed by atoms with E-state index in [1.165, 1.54) is 10.1 Å². The van der Waals surface area contributed by atoms with E-state index >= 15 is 0 Å². The lowest BCUT2D eigenvalue weighted by Gasteiger charge is -2.62. The molecule has 8 heteroatoms. The van der Waals surface area contributed by atoms with Crippen LogP contribution in [-0.4, -0.2) is 84.1 Å². The molecule has 33 heavy (non-hydrogen) atoms. The molecule has 8 nitrogen and oxygen atoms in total. The highest BCUT2D eigenvalue weighted by Crippen LogP contribution is 2.48. The van der Waals surface area contributed by atoms with E-state index < -0.39 is 22.2 Å². The molecule has 4 atom stereocenters. The monoisotopic (exact) mass is 468 g/mol. The third-order valence-corrected chi connectivity index (χ3v) is 10.1. The van der Waals surface area contributed by atoms with Gasteiger partial charge in [0.2, 0.25) is 12.8 Å². The number of hydrogen-bond donors (Lipinski definition) is 2. The lowest BCUT2D eigenvalue weighted by Crippen LogP contribution is -2.73. The van der Waals surface area contributed by atoms with Crippen molar-refractivity contribution in [1.29, 1.82) is 0 Å². The summed E-state index contributed by atoms with van der Waals surface area (Å²) in [5, 5.41) is 24.8. The summed E-state index contributed by atoms with van der Waals surface area (Å²) < 4.78 is 0. The molecule has 0 bridgehead atoms. The van der Waals surface area contributed by atoms with Gasteiger partial charge in [-0.1, -0.05) is 27.7 Å². The van der Waals surface area contributed by atoms with E-state index in [1.807, 2.05) is 55.4 Å². The van der Waals surface area contributed by atoms with Crippen molar-refractivity contribution in [3.8, 4) is 0 Å². The van der Waals surface area contributed by atoms with Gasteiger partial charge in [-0.25, -0.2) is 0 Å². The van der Waals surface area contributed by atoms with Crippen LogP contribution in [0.1, 0.15) is 83.1 Å². The summed E-state index contributed by atoms with van der Waals surface area (Å²) in [5.74, 6) is -0.144. The number of piperidine rings is 2. The van der Waals surface area contributed by atoms with Gasteiger partial charge >= 0.3 is 0 Å². The van der Waals surface area contributed by atoms with Crippen LogP contribution in [0.3, 0.4) is 0 Å². The first-order valence-corrected chi connectivity index (χ1v) is 12.2. The Morgan fingerprint density at radius 3 is 1.00 bits per heavy atom. The molecule has 192 valence electrons. The average Bonchev–Trinajstić information content (AvgIpc) is 2.73. The van der Waals surface area contributed by atoms with Gasteiger partial charge in [0.05, 0.1) is 6.67 Å². The third-order valence-electron chi connectivity index (χ3n) is 10.1. The van der Waals surface area contributed by atoms with Crippen molar-refractivity contribution < 1.29 is 20.0 Å². The maximum absolute atomic E-state index is 12.5. The molecule has 2 aliphatic heterocycles. The van der Waals surface area contributed by atoms with Gasteiger partial charge in [-0.05, 0) is 79.1 Å². The third kappa shape index (κ3) is 4.11. The molecule has 0 spiro atoms. The second kappa shape index (κ2) is 8.77. The fourth-order valence-electron chi connectivity index (χ4n) is 6.53. The highest BCUT2D eigenvalue weighted by molar-refractivity contribution is 5.52. The van der Waals surface area contributed by atoms with Crippen LogP contribution in [0.2, 0.25) is 0 Å². The zero-order valence-electron chi connectivity index (χ0n) is 22.8. The van der Waals surface area contributed by atoms with Gasteiger partial charge in [-0.3, -0.25) is 9.59 Å². The summed E-state index contributed by atoms with van der Waals surface area (Å²) >= 11 is 0. The Balaban J connectivity index is 2.45. The second-order valence-electron chi connectivity index (χ2n) is 12.8. The van der Waals surface area contributed by atoms with Gasteiger partial charge < -0.3 is 20.2 Å². The van der Waals surface area contributed by atoms with E-state index in [4.69, 9.17) is 0 Å². The summed E-state index contributed by atoms with van der Waals surface area (Å²) in [6, 6.07) is -0.328. The Morgan fingerprint density at radius 2 is 0.818 bits per heavy atom. The van der Waals surface area contributed by atoms with E-state index in [0.717, 1.165) is 12.8 Å². The van der Waals surface area contributed by atoms with Crippen LogP contribution in [0.15, 0.2) is 0 Å². The lowest BCUT2D eigenvalue weighted by molar-refractivity contribution is -0.291. The molecule has 2 fully saturated rings. The van der Waals surface area contributed by atoms with Gasteiger partial charge in [-0.2, -0.15) is 10.1 Å². The Bertz CT molecular complexity index is 634. The Morgan fingerprint density at radius 1 is 0.606 bits per heavy atom. The van der Waals surface area contributed by atoms with Gasteiger partial charge in [0.25, 0.3) is 0 Å². The van der Waals surface area contributed by atoms with E-state index in [1.54, 1.807) is 9.80 Å². The van der Waals surface area contributed by atoms with E-state index in [2.05, 4.69) is 27.7 Å². The van der Waals surface area contributed by atoms with Crippen molar-refractivity contribution in [2.75, 3.05) is 6.67 Å². The van der Waals surface area contributed by atoms with E-state index in [-0.39, 0.29) is 42.4 Å². The van der Waals surface area contributed by atoms with Crippen molar-refractivity contribution in [3.63, 3.8) is 0 Å². The van der Waals surface area contributed by atoms with E-state index in [9.17, 15) is 20.0 Å². The Hall–Kier alpha value is -1.22. The quantitative estimate of drug-likeness (QED) is 0.457. The molecule has 0 aliphatic carbocycles. The van der Waals surface area contributed by atoms with E-state index in [0.29, 0.717) is 0 Å². The fraction of sp³-hybridized carbons (Fsp3) is 0.920. The largest absolute Gasteiger partial charge is 0.324 e. The molecule has 2 rings (SSSR count). The molecule has 2 N–H and O–H groups in total. The van der Waals surface area contributed by atoms with Gasteiger partial charge in [0.15, 0.2) is 0 Å². The molecule has 4 unspecified atom stereocenters. The van der Waals surface area contributed by atoms with Crippen molar-refractivity contribution >= 4 is 12.8 Å². The Labute approximate surface area is 200 Å². The molecule has 0 saturated carbocycles. The number of hydrogen-bond acceptors (Lipinski definition) is 6. The standard InChI is InChI=1S/C25H48N4O4/c1-16-20(17(2)23(7,8)28(32)22(16,5)6)26(14-30)13-27(15-31)21-18(3)24(9,10)29(33)25(11,12)19(21)4/h14-21,32-33H,13H2,1-12H3. The predicted octanol–water partition coefficient (Wildman–Crippen LogP) is 3.67. The summed E-state index contributed by atoms with van der Waals surface area (Å²) in [7, 11) is 0. The summed E-state index contributed by atoms with van der Waals surface area (Å²) in [6.45, 7) is 24.3. The summed E-state index contributed by atoms with van der Waals surface area (Å²) in [5.41, 5.74) is -2.22. The molecule has 2 amide bonds. The van der Waals surface area contributed by atoms with Crippen LogP contribution in [0.5, 0.6) is 0 Å². The zero-order chi connectivity index (χ0) is 25.9. The molecule has 2 heterocycles. The minimum atomic E-state index is -0.555. The number of carbonyl (C=O) groups is 2. The van der Waals surface area contributed by atoms with Gasteiger partial charge in [0.1, 0.15) is 0 Å². The number of rotatable bonds is 6. The normalized spacial score (nSPS) is 37.9. The van der Waals surface area contributed by atoms with Crippen molar-refractivity contribution in [2.45, 2.75) is 117 Å². The Kier molecular flexibility index (Phi) is 7.45. The molecule has 0 radical (unpaired) electrons. The average molecular weight is 469 g/mol. The van der Waals surface area contributed by atoms with Crippen molar-refractivity contribution in [1.82, 2.24) is 19.9 Å². The van der Waals surface area contributed by atoms with Crippen LogP contribution < -0.4 is 0 Å². The van der Waals surface area contributed by atoms with Crippen LogP contribution in [0, 0.1) is 23.7 Å². The second-order valence-corrected chi connectivity index (χ2v) is 12.8. The van der Waals surface area contributed by atoms with Crippen LogP contribution in [-0.2, 0) is 9.59 Å². The first-order chi connectivity index (χ1) is 14.8. The predicted molar refractivity (Wildman–Crippen MR) is 128 cm³/mol. The number of nitrogens with zero attached hydrogens (tertiary/aromatic N) is 4. The molecule has 0 aromatic rings. The minimum absolute atomic E-state index is 0.0359. The first-order valence-electron chi connectivity index (χ1n) is 12.2. The number of carbonyl (C=O) groups excluding carboxylic acids is 2. The number of amides is 2. The highest BCUT2D eigenvalue weighted by Gasteiger charge is 2.58. The van der Waals surface area contributed by atoms with Gasteiger partial charge in [0, 0.05) is 34.2 Å². The molecule has 2 aliphatic rings. The number of hydroxylamine groups is 4. The maximum atomic E-state index is 12.5. The fourth-order valence-corrected chi connectivity index (χ4v) is 6.53. The van der Waals surface area contributed by atoms with Gasteiger partial charge in [-0.15, -0.1) is 0 Å². The van der Waals surface area contributed by atoms with Crippen LogP contribution in [0.25, 0.3) is 0 Å². The van der Waals surface area contributed by atoms with Crippen LogP contribution >= 0.6 is 0 Å². The lowest BCUT2D eigenvalue weighted by atomic mass is 9.65.